The van der Waals surface area contributed by atoms with Crippen molar-refractivity contribution in [2.24, 2.45) is 0 Å². The summed E-state index contributed by atoms with van der Waals surface area (Å²) in [5.74, 6) is -0.0381. The van der Waals surface area contributed by atoms with Crippen molar-refractivity contribution in [3.8, 4) is 11.3 Å². The van der Waals surface area contributed by atoms with Crippen molar-refractivity contribution in [3.63, 3.8) is 0 Å². The van der Waals surface area contributed by atoms with Gasteiger partial charge in [0.05, 0.1) is 17.0 Å². The maximum atomic E-state index is 13.3. The molecule has 0 radical (unpaired) electrons. The van der Waals surface area contributed by atoms with Crippen LogP contribution in [-0.4, -0.2) is 24.8 Å². The molecule has 7 nitrogen and oxygen atoms in total. The Bertz CT molecular complexity index is 1580. The predicted molar refractivity (Wildman–Crippen MR) is 154 cm³/mol. The molecule has 3 aromatic carbocycles. The molecule has 38 heavy (non-hydrogen) atoms. The molecule has 7 heteroatoms. The van der Waals surface area contributed by atoms with Crippen molar-refractivity contribution in [1.82, 2.24) is 0 Å². The van der Waals surface area contributed by atoms with Crippen molar-refractivity contribution in [1.29, 1.82) is 5.41 Å². The Balaban J connectivity index is 1.82. The number of esters is 1. The number of hydrogen-bond acceptors (Lipinski definition) is 7. The third-order valence-corrected chi connectivity index (χ3v) is 6.17. The predicted octanol–water partition coefficient (Wildman–Crippen LogP) is 6.94. The first kappa shape index (κ1) is 26.7. The Kier molecular flexibility index (Phi) is 7.39. The van der Waals surface area contributed by atoms with Crippen LogP contribution in [0.15, 0.2) is 69.9 Å². The Morgan fingerprint density at radius 3 is 2.45 bits per heavy atom. The van der Waals surface area contributed by atoms with Gasteiger partial charge in [0.1, 0.15) is 16.9 Å². The van der Waals surface area contributed by atoms with E-state index in [1.165, 1.54) is 12.3 Å². The van der Waals surface area contributed by atoms with Gasteiger partial charge in [-0.1, -0.05) is 30.3 Å². The Morgan fingerprint density at radius 1 is 1.05 bits per heavy atom. The molecule has 196 valence electrons. The van der Waals surface area contributed by atoms with E-state index in [-0.39, 0.29) is 11.5 Å². The van der Waals surface area contributed by atoms with Gasteiger partial charge in [-0.05, 0) is 64.4 Å². The molecule has 0 saturated heterocycles. The molecule has 4 rings (SSSR count). The summed E-state index contributed by atoms with van der Waals surface area (Å²) in [4.78, 5) is 26.2. The van der Waals surface area contributed by atoms with Crippen molar-refractivity contribution < 1.29 is 13.9 Å². The number of ether oxygens (including phenoxy) is 1. The summed E-state index contributed by atoms with van der Waals surface area (Å²) in [7, 11) is 1.78. The molecule has 0 aliphatic rings. The van der Waals surface area contributed by atoms with Crippen molar-refractivity contribution in [3.05, 3.63) is 93.1 Å². The summed E-state index contributed by atoms with van der Waals surface area (Å²) >= 11 is 0. The average molecular weight is 512 g/mol. The van der Waals surface area contributed by atoms with E-state index in [2.05, 4.69) is 10.6 Å². The van der Waals surface area contributed by atoms with Crippen LogP contribution in [0.3, 0.4) is 0 Å². The number of aryl methyl sites for hydroxylation is 1. The molecule has 0 amide bonds. The first-order valence-electron chi connectivity index (χ1n) is 12.5. The summed E-state index contributed by atoms with van der Waals surface area (Å²) < 4.78 is 12.0. The second-order valence-corrected chi connectivity index (χ2v) is 10.3. The lowest BCUT2D eigenvalue weighted by molar-refractivity contribution is 0.00706. The molecule has 1 aromatic heterocycles. The van der Waals surface area contributed by atoms with Gasteiger partial charge in [0.2, 0.25) is 0 Å². The van der Waals surface area contributed by atoms with Crippen LogP contribution >= 0.6 is 0 Å². The van der Waals surface area contributed by atoms with Crippen LogP contribution in [0.4, 0.5) is 11.4 Å². The maximum absolute atomic E-state index is 13.3. The van der Waals surface area contributed by atoms with Crippen LogP contribution in [0, 0.1) is 12.3 Å². The van der Waals surface area contributed by atoms with E-state index in [0.29, 0.717) is 39.1 Å². The van der Waals surface area contributed by atoms with E-state index in [4.69, 9.17) is 14.6 Å². The standard InChI is InChI=1S/C31H33N3O4/c1-18-14-22(19(2)34-26-12-8-7-10-21(26)30(36)38-31(3,4)5)29-23(15-18)27(35)16-28(37-29)20-11-9-13-25(33-6)24(20)17-32/h7-17,19,32-34H,1-6H3. The number of hydrogen-bond donors (Lipinski definition) is 3. The smallest absolute Gasteiger partial charge is 0.340 e. The lowest BCUT2D eigenvalue weighted by Crippen LogP contribution is -2.24. The fraction of sp³-hybridized carbons (Fsp3) is 0.258. The highest BCUT2D eigenvalue weighted by atomic mass is 16.6. The minimum atomic E-state index is -0.623. The van der Waals surface area contributed by atoms with Crippen LogP contribution in [0.5, 0.6) is 0 Å². The largest absolute Gasteiger partial charge is 0.456 e. The zero-order chi connectivity index (χ0) is 27.6. The Morgan fingerprint density at radius 2 is 1.76 bits per heavy atom. The van der Waals surface area contributed by atoms with E-state index < -0.39 is 11.6 Å². The van der Waals surface area contributed by atoms with Crippen molar-refractivity contribution >= 4 is 34.5 Å². The SMILES string of the molecule is CNc1cccc(-c2cc(=O)c3cc(C)cc(C(C)Nc4ccccc4C(=O)OC(C)(C)C)c3o2)c1C=N. The minimum absolute atomic E-state index is 0.168. The monoisotopic (exact) mass is 511 g/mol. The van der Waals surface area contributed by atoms with Crippen LogP contribution in [0.2, 0.25) is 0 Å². The average Bonchev–Trinajstić information content (AvgIpc) is 2.87. The molecule has 0 spiro atoms. The van der Waals surface area contributed by atoms with Crippen molar-refractivity contribution in [2.45, 2.75) is 46.3 Å². The van der Waals surface area contributed by atoms with Gasteiger partial charge in [-0.25, -0.2) is 4.79 Å². The number of rotatable bonds is 7. The highest BCUT2D eigenvalue weighted by molar-refractivity contribution is 5.97. The summed E-state index contributed by atoms with van der Waals surface area (Å²) in [5.41, 5.74) is 4.44. The summed E-state index contributed by atoms with van der Waals surface area (Å²) in [6, 6.07) is 17.7. The quantitative estimate of drug-likeness (QED) is 0.183. The second kappa shape index (κ2) is 10.5. The van der Waals surface area contributed by atoms with E-state index in [1.807, 2.05) is 77.1 Å². The zero-order valence-electron chi connectivity index (χ0n) is 22.6. The van der Waals surface area contributed by atoms with Gasteiger partial charge in [0.25, 0.3) is 0 Å². The van der Waals surface area contributed by atoms with Gasteiger partial charge in [-0.2, -0.15) is 0 Å². The molecule has 4 aromatic rings. The van der Waals surface area contributed by atoms with Crippen LogP contribution in [0.25, 0.3) is 22.3 Å². The zero-order valence-corrected chi connectivity index (χ0v) is 22.6. The number of anilines is 2. The van der Waals surface area contributed by atoms with E-state index in [1.54, 1.807) is 19.2 Å². The van der Waals surface area contributed by atoms with Gasteiger partial charge < -0.3 is 25.2 Å². The minimum Gasteiger partial charge on any atom is -0.456 e. The topological polar surface area (TPSA) is 104 Å². The van der Waals surface area contributed by atoms with Gasteiger partial charge in [0, 0.05) is 47.4 Å². The first-order chi connectivity index (χ1) is 18.0. The molecular weight excluding hydrogens is 478 g/mol. The molecule has 1 heterocycles. The second-order valence-electron chi connectivity index (χ2n) is 10.3. The van der Waals surface area contributed by atoms with Crippen molar-refractivity contribution in [2.75, 3.05) is 17.7 Å². The fourth-order valence-electron chi connectivity index (χ4n) is 4.47. The normalized spacial score (nSPS) is 12.2. The van der Waals surface area contributed by atoms with Gasteiger partial charge in [-0.15, -0.1) is 0 Å². The molecule has 0 aliphatic heterocycles. The van der Waals surface area contributed by atoms with E-state index >= 15 is 0 Å². The molecule has 1 atom stereocenters. The summed E-state index contributed by atoms with van der Waals surface area (Å²) in [6.45, 7) is 9.38. The molecule has 1 unspecified atom stereocenters. The van der Waals surface area contributed by atoms with Gasteiger partial charge >= 0.3 is 5.97 Å². The van der Waals surface area contributed by atoms with E-state index in [0.717, 1.165) is 16.8 Å². The highest BCUT2D eigenvalue weighted by Gasteiger charge is 2.22. The Hall–Kier alpha value is -4.39. The maximum Gasteiger partial charge on any atom is 0.340 e. The first-order valence-corrected chi connectivity index (χ1v) is 12.5. The van der Waals surface area contributed by atoms with Crippen LogP contribution < -0.4 is 16.1 Å². The number of nitrogens with one attached hydrogen (secondary N) is 3. The van der Waals surface area contributed by atoms with E-state index in [9.17, 15) is 9.59 Å². The molecule has 0 aliphatic carbocycles. The molecule has 0 fully saturated rings. The molecule has 0 saturated carbocycles. The van der Waals surface area contributed by atoms with Gasteiger partial charge in [-0.3, -0.25) is 4.79 Å². The number of benzene rings is 3. The third kappa shape index (κ3) is 5.47. The number of fused-ring (bicyclic) bond motifs is 1. The molecular formula is C31H33N3O4. The lowest BCUT2D eigenvalue weighted by atomic mass is 9.99. The number of carbonyl (C=O) groups excluding carboxylic acids is 1. The molecule has 3 N–H and O–H groups in total. The lowest BCUT2D eigenvalue weighted by Gasteiger charge is -2.23. The number of para-hydroxylation sites is 1. The fourth-order valence-corrected chi connectivity index (χ4v) is 4.47. The molecule has 0 bridgehead atoms. The van der Waals surface area contributed by atoms with Gasteiger partial charge in [0.15, 0.2) is 5.43 Å². The highest BCUT2D eigenvalue weighted by Crippen LogP contribution is 2.33. The summed E-state index contributed by atoms with van der Waals surface area (Å²) in [5, 5.41) is 14.9. The third-order valence-electron chi connectivity index (χ3n) is 6.17. The number of carbonyl (C=O) groups is 1. The Labute approximate surface area is 222 Å². The summed E-state index contributed by atoms with van der Waals surface area (Å²) in [6.07, 6.45) is 1.25. The van der Waals surface area contributed by atoms with Crippen LogP contribution in [0.1, 0.15) is 60.8 Å². The van der Waals surface area contributed by atoms with Crippen LogP contribution in [-0.2, 0) is 4.74 Å².